The van der Waals surface area contributed by atoms with E-state index in [4.69, 9.17) is 4.74 Å². The highest BCUT2D eigenvalue weighted by atomic mass is 35.5. The van der Waals surface area contributed by atoms with E-state index in [1.165, 1.54) is 5.56 Å². The molecule has 1 aliphatic rings. The number of hydrogen-bond acceptors (Lipinski definition) is 3. The number of carbonyl (C=O) groups excluding carboxylic acids is 1. The molecule has 0 bridgehead atoms. The first kappa shape index (κ1) is 17.0. The predicted molar refractivity (Wildman–Crippen MR) is 83.6 cm³/mol. The molecule has 2 rings (SSSR count). The van der Waals surface area contributed by atoms with E-state index in [0.29, 0.717) is 18.9 Å². The topological polar surface area (TPSA) is 50.4 Å². The van der Waals surface area contributed by atoms with Crippen molar-refractivity contribution in [2.24, 2.45) is 0 Å². The van der Waals surface area contributed by atoms with Gasteiger partial charge in [-0.15, -0.1) is 12.4 Å². The average molecular weight is 299 g/mol. The molecule has 20 heavy (non-hydrogen) atoms. The van der Waals surface area contributed by atoms with Crippen LogP contribution in [0.3, 0.4) is 0 Å². The van der Waals surface area contributed by atoms with Crippen LogP contribution in [-0.4, -0.2) is 31.7 Å². The van der Waals surface area contributed by atoms with E-state index in [1.807, 2.05) is 18.2 Å². The van der Waals surface area contributed by atoms with Gasteiger partial charge < -0.3 is 15.4 Å². The minimum Gasteiger partial charge on any atom is -0.378 e. The predicted octanol–water partition coefficient (Wildman–Crippen LogP) is 2.55. The lowest BCUT2D eigenvalue weighted by Crippen LogP contribution is -2.43. The summed E-state index contributed by atoms with van der Waals surface area (Å²) in [7, 11) is 0. The first-order valence-electron chi connectivity index (χ1n) is 6.86. The van der Waals surface area contributed by atoms with Crippen LogP contribution in [-0.2, 0) is 9.53 Å². The molecular formula is C15H23ClN2O2. The van der Waals surface area contributed by atoms with E-state index < -0.39 is 0 Å². The monoisotopic (exact) mass is 298 g/mol. The maximum atomic E-state index is 12.0. The molecule has 1 saturated heterocycles. The fourth-order valence-electron chi connectivity index (χ4n) is 2.16. The van der Waals surface area contributed by atoms with Gasteiger partial charge in [0.25, 0.3) is 0 Å². The van der Waals surface area contributed by atoms with Crippen LogP contribution in [0.5, 0.6) is 0 Å². The van der Waals surface area contributed by atoms with Gasteiger partial charge in [0.1, 0.15) is 0 Å². The third-order valence-corrected chi connectivity index (χ3v) is 3.27. The van der Waals surface area contributed by atoms with E-state index in [1.54, 1.807) is 0 Å². The zero-order valence-corrected chi connectivity index (χ0v) is 12.8. The molecule has 0 aliphatic carbocycles. The Labute approximate surface area is 126 Å². The molecule has 1 atom stereocenters. The standard InChI is InChI=1S/C15H22N2O2.ClH/c1-11(2)12-4-3-5-13(8-12)17-15(18)9-14-10-19-7-6-16-14;/h3-5,8,11,14,16H,6-7,9-10H2,1-2H3,(H,17,18);1H. The minimum atomic E-state index is 0. The van der Waals surface area contributed by atoms with Gasteiger partial charge >= 0.3 is 0 Å². The second-order valence-corrected chi connectivity index (χ2v) is 5.26. The number of amides is 1. The normalized spacial score (nSPS) is 18.4. The molecule has 0 aromatic heterocycles. The molecule has 1 heterocycles. The molecule has 4 nitrogen and oxygen atoms in total. The van der Waals surface area contributed by atoms with Gasteiger partial charge in [-0.1, -0.05) is 26.0 Å². The second-order valence-electron chi connectivity index (χ2n) is 5.26. The van der Waals surface area contributed by atoms with Crippen molar-refractivity contribution < 1.29 is 9.53 Å². The lowest BCUT2D eigenvalue weighted by atomic mass is 10.0. The van der Waals surface area contributed by atoms with Crippen LogP contribution < -0.4 is 10.6 Å². The third-order valence-electron chi connectivity index (χ3n) is 3.27. The number of benzene rings is 1. The lowest BCUT2D eigenvalue weighted by Gasteiger charge is -2.23. The third kappa shape index (κ3) is 5.12. The van der Waals surface area contributed by atoms with Gasteiger partial charge in [0, 0.05) is 24.7 Å². The van der Waals surface area contributed by atoms with Gasteiger partial charge in [0.15, 0.2) is 0 Å². The van der Waals surface area contributed by atoms with Crippen molar-refractivity contribution in [1.82, 2.24) is 5.32 Å². The van der Waals surface area contributed by atoms with Gasteiger partial charge in [0.05, 0.1) is 13.2 Å². The number of carbonyl (C=O) groups is 1. The van der Waals surface area contributed by atoms with Crippen molar-refractivity contribution in [2.45, 2.75) is 32.2 Å². The minimum absolute atomic E-state index is 0. The Kier molecular flexibility index (Phi) is 6.99. The summed E-state index contributed by atoms with van der Waals surface area (Å²) in [5, 5.41) is 6.23. The highest BCUT2D eigenvalue weighted by Crippen LogP contribution is 2.18. The summed E-state index contributed by atoms with van der Waals surface area (Å²) < 4.78 is 5.34. The second kappa shape index (κ2) is 8.25. The molecule has 0 spiro atoms. The van der Waals surface area contributed by atoms with Crippen molar-refractivity contribution in [3.05, 3.63) is 29.8 Å². The number of rotatable bonds is 4. The molecule has 1 unspecified atom stereocenters. The van der Waals surface area contributed by atoms with Crippen LogP contribution in [0.15, 0.2) is 24.3 Å². The molecule has 1 aromatic rings. The average Bonchev–Trinajstić information content (AvgIpc) is 2.40. The van der Waals surface area contributed by atoms with Crippen LogP contribution in [0.2, 0.25) is 0 Å². The van der Waals surface area contributed by atoms with Crippen molar-refractivity contribution in [1.29, 1.82) is 0 Å². The van der Waals surface area contributed by atoms with E-state index in [0.717, 1.165) is 18.8 Å². The highest BCUT2D eigenvalue weighted by molar-refractivity contribution is 5.91. The summed E-state index contributed by atoms with van der Waals surface area (Å²) in [6.45, 7) is 6.45. The summed E-state index contributed by atoms with van der Waals surface area (Å²) >= 11 is 0. The van der Waals surface area contributed by atoms with Gasteiger partial charge in [-0.3, -0.25) is 4.79 Å². The van der Waals surface area contributed by atoms with E-state index in [-0.39, 0.29) is 24.4 Å². The van der Waals surface area contributed by atoms with Crippen LogP contribution in [0.4, 0.5) is 5.69 Å². The van der Waals surface area contributed by atoms with Crippen molar-refractivity contribution in [3.8, 4) is 0 Å². The maximum absolute atomic E-state index is 12.0. The van der Waals surface area contributed by atoms with Crippen LogP contribution >= 0.6 is 12.4 Å². The number of halogens is 1. The van der Waals surface area contributed by atoms with Crippen LogP contribution in [0.1, 0.15) is 31.7 Å². The van der Waals surface area contributed by atoms with Gasteiger partial charge in [0.2, 0.25) is 5.91 Å². The quantitative estimate of drug-likeness (QED) is 0.898. The fraction of sp³-hybridized carbons (Fsp3) is 0.533. The van der Waals surface area contributed by atoms with Gasteiger partial charge in [-0.2, -0.15) is 0 Å². The number of morpholine rings is 1. The van der Waals surface area contributed by atoms with Crippen molar-refractivity contribution in [3.63, 3.8) is 0 Å². The zero-order chi connectivity index (χ0) is 13.7. The van der Waals surface area contributed by atoms with Crippen molar-refractivity contribution in [2.75, 3.05) is 25.1 Å². The molecule has 112 valence electrons. The first-order valence-corrected chi connectivity index (χ1v) is 6.86. The Bertz CT molecular complexity index is 432. The number of ether oxygens (including phenoxy) is 1. The SMILES string of the molecule is CC(C)c1cccc(NC(=O)CC2COCCN2)c1.Cl. The van der Waals surface area contributed by atoms with E-state index in [9.17, 15) is 4.79 Å². The fourth-order valence-corrected chi connectivity index (χ4v) is 2.16. The van der Waals surface area contributed by atoms with Crippen molar-refractivity contribution >= 4 is 24.0 Å². The number of nitrogens with one attached hydrogen (secondary N) is 2. The first-order chi connectivity index (χ1) is 9.15. The zero-order valence-electron chi connectivity index (χ0n) is 12.0. The summed E-state index contributed by atoms with van der Waals surface area (Å²) in [6, 6.07) is 8.15. The van der Waals surface area contributed by atoms with E-state index in [2.05, 4.69) is 30.5 Å². The number of anilines is 1. The van der Waals surface area contributed by atoms with Gasteiger partial charge in [-0.05, 0) is 23.6 Å². The molecular weight excluding hydrogens is 276 g/mol. The van der Waals surface area contributed by atoms with Crippen LogP contribution in [0.25, 0.3) is 0 Å². The summed E-state index contributed by atoms with van der Waals surface area (Å²) in [5.41, 5.74) is 2.10. The molecule has 0 radical (unpaired) electrons. The summed E-state index contributed by atoms with van der Waals surface area (Å²) in [6.07, 6.45) is 0.450. The Hall–Kier alpha value is -1.10. The Morgan fingerprint density at radius 3 is 2.95 bits per heavy atom. The van der Waals surface area contributed by atoms with Crippen LogP contribution in [0, 0.1) is 0 Å². The summed E-state index contributed by atoms with van der Waals surface area (Å²) in [4.78, 5) is 12.0. The van der Waals surface area contributed by atoms with E-state index >= 15 is 0 Å². The maximum Gasteiger partial charge on any atom is 0.226 e. The highest BCUT2D eigenvalue weighted by Gasteiger charge is 2.16. The Morgan fingerprint density at radius 1 is 1.50 bits per heavy atom. The molecule has 2 N–H and O–H groups in total. The lowest BCUT2D eigenvalue weighted by molar-refractivity contribution is -0.117. The van der Waals surface area contributed by atoms with Gasteiger partial charge in [-0.25, -0.2) is 0 Å². The Balaban J connectivity index is 0.00000200. The summed E-state index contributed by atoms with van der Waals surface area (Å²) in [5.74, 6) is 0.495. The molecule has 1 fully saturated rings. The number of hydrogen-bond donors (Lipinski definition) is 2. The largest absolute Gasteiger partial charge is 0.378 e. The molecule has 1 aliphatic heterocycles. The smallest absolute Gasteiger partial charge is 0.226 e. The molecule has 1 aromatic carbocycles. The molecule has 0 saturated carbocycles. The molecule has 5 heteroatoms. The molecule has 1 amide bonds. The Morgan fingerprint density at radius 2 is 2.30 bits per heavy atom.